The summed E-state index contributed by atoms with van der Waals surface area (Å²) in [6, 6.07) is 8.13. The van der Waals surface area contributed by atoms with Gasteiger partial charge in [-0.2, -0.15) is 0 Å². The Morgan fingerprint density at radius 1 is 1.31 bits per heavy atom. The van der Waals surface area contributed by atoms with Gasteiger partial charge in [0.25, 0.3) is 0 Å². The normalized spacial score (nSPS) is 10.4. The molecule has 2 rings (SSSR count). The molecule has 0 saturated carbocycles. The van der Waals surface area contributed by atoms with E-state index in [-0.39, 0.29) is 0 Å². The van der Waals surface area contributed by atoms with Gasteiger partial charge in [-0.25, -0.2) is 0 Å². The van der Waals surface area contributed by atoms with Gasteiger partial charge in [0, 0.05) is 26.0 Å². The molecular formula is C13H15ClN2. The van der Waals surface area contributed by atoms with Gasteiger partial charge >= 0.3 is 0 Å². The lowest BCUT2D eigenvalue weighted by atomic mass is 10.2. The summed E-state index contributed by atoms with van der Waals surface area (Å²) in [5.74, 6) is 0. The minimum atomic E-state index is 0.774. The van der Waals surface area contributed by atoms with Crippen molar-refractivity contribution in [1.82, 2.24) is 4.57 Å². The van der Waals surface area contributed by atoms with Crippen molar-refractivity contribution in [2.45, 2.75) is 13.5 Å². The average Bonchev–Trinajstić information content (AvgIpc) is 2.63. The highest BCUT2D eigenvalue weighted by Gasteiger charge is 2.00. The molecule has 0 spiro atoms. The van der Waals surface area contributed by atoms with Crippen LogP contribution in [-0.2, 0) is 13.6 Å². The maximum atomic E-state index is 6.13. The third kappa shape index (κ3) is 2.58. The Morgan fingerprint density at radius 3 is 2.75 bits per heavy atom. The molecular weight excluding hydrogens is 220 g/mol. The quantitative estimate of drug-likeness (QED) is 0.859. The zero-order valence-electron chi connectivity index (χ0n) is 9.50. The highest BCUT2D eigenvalue weighted by Crippen LogP contribution is 2.23. The van der Waals surface area contributed by atoms with Gasteiger partial charge < -0.3 is 9.88 Å². The number of hydrogen-bond donors (Lipinski definition) is 1. The van der Waals surface area contributed by atoms with Crippen LogP contribution < -0.4 is 5.32 Å². The van der Waals surface area contributed by atoms with Crippen LogP contribution in [0.25, 0.3) is 0 Å². The first kappa shape index (κ1) is 11.1. The molecule has 0 amide bonds. The number of benzene rings is 1. The third-order valence-corrected chi connectivity index (χ3v) is 2.81. The molecule has 1 heterocycles. The van der Waals surface area contributed by atoms with Crippen LogP contribution in [0.5, 0.6) is 0 Å². The highest BCUT2D eigenvalue weighted by molar-refractivity contribution is 6.33. The summed E-state index contributed by atoms with van der Waals surface area (Å²) in [5.41, 5.74) is 3.41. The molecule has 1 aromatic carbocycles. The molecule has 0 saturated heterocycles. The van der Waals surface area contributed by atoms with Crippen LogP contribution in [0, 0.1) is 6.92 Å². The maximum absolute atomic E-state index is 6.13. The second-order valence-corrected chi connectivity index (χ2v) is 4.43. The van der Waals surface area contributed by atoms with Gasteiger partial charge in [0.1, 0.15) is 0 Å². The lowest BCUT2D eigenvalue weighted by Gasteiger charge is -2.07. The van der Waals surface area contributed by atoms with E-state index in [0.29, 0.717) is 0 Å². The largest absolute Gasteiger partial charge is 0.380 e. The number of hydrogen-bond acceptors (Lipinski definition) is 1. The molecule has 0 aliphatic heterocycles. The van der Waals surface area contributed by atoms with Crippen molar-refractivity contribution in [3.63, 3.8) is 0 Å². The molecule has 0 unspecified atom stereocenters. The number of aryl methyl sites for hydroxylation is 2. The van der Waals surface area contributed by atoms with Crippen LogP contribution in [0.4, 0.5) is 5.69 Å². The molecule has 0 radical (unpaired) electrons. The van der Waals surface area contributed by atoms with Crippen LogP contribution in [0.2, 0.25) is 5.02 Å². The number of nitrogens with one attached hydrogen (secondary N) is 1. The fraction of sp³-hybridized carbons (Fsp3) is 0.231. The van der Waals surface area contributed by atoms with E-state index >= 15 is 0 Å². The number of halogens is 1. The smallest absolute Gasteiger partial charge is 0.0640 e. The van der Waals surface area contributed by atoms with E-state index in [1.54, 1.807) is 0 Å². The first-order valence-corrected chi connectivity index (χ1v) is 5.64. The van der Waals surface area contributed by atoms with Crippen molar-refractivity contribution in [3.8, 4) is 0 Å². The molecule has 0 fully saturated rings. The lowest BCUT2D eigenvalue weighted by molar-refractivity contribution is 0.920. The Balaban J connectivity index is 2.04. The average molecular weight is 235 g/mol. The van der Waals surface area contributed by atoms with E-state index in [0.717, 1.165) is 17.3 Å². The van der Waals surface area contributed by atoms with Gasteiger partial charge in [0.2, 0.25) is 0 Å². The summed E-state index contributed by atoms with van der Waals surface area (Å²) in [6.45, 7) is 2.83. The minimum absolute atomic E-state index is 0.774. The van der Waals surface area contributed by atoms with Crippen molar-refractivity contribution in [2.24, 2.45) is 7.05 Å². The predicted octanol–water partition coefficient (Wildman–Crippen LogP) is 3.60. The topological polar surface area (TPSA) is 17.0 Å². The van der Waals surface area contributed by atoms with Crippen LogP contribution in [0.15, 0.2) is 36.7 Å². The Kier molecular flexibility index (Phi) is 3.20. The van der Waals surface area contributed by atoms with E-state index in [9.17, 15) is 0 Å². The summed E-state index contributed by atoms with van der Waals surface area (Å²) in [7, 11) is 2.02. The van der Waals surface area contributed by atoms with E-state index in [2.05, 4.69) is 23.6 Å². The Morgan fingerprint density at radius 2 is 2.12 bits per heavy atom. The summed E-state index contributed by atoms with van der Waals surface area (Å²) in [6.07, 6.45) is 4.13. The van der Waals surface area contributed by atoms with Crippen LogP contribution in [0.1, 0.15) is 11.1 Å². The zero-order chi connectivity index (χ0) is 11.5. The van der Waals surface area contributed by atoms with Crippen LogP contribution in [0.3, 0.4) is 0 Å². The summed E-state index contributed by atoms with van der Waals surface area (Å²) in [5, 5.41) is 4.10. The fourth-order valence-corrected chi connectivity index (χ4v) is 1.93. The van der Waals surface area contributed by atoms with Crippen LogP contribution >= 0.6 is 11.6 Å². The third-order valence-electron chi connectivity index (χ3n) is 2.50. The first-order valence-electron chi connectivity index (χ1n) is 5.26. The van der Waals surface area contributed by atoms with Crippen molar-refractivity contribution in [3.05, 3.63) is 52.8 Å². The molecule has 0 atom stereocenters. The number of aromatic nitrogens is 1. The van der Waals surface area contributed by atoms with E-state index in [4.69, 9.17) is 11.6 Å². The SMILES string of the molecule is Cc1ccc(NCc2ccn(C)c2)c(Cl)c1. The minimum Gasteiger partial charge on any atom is -0.380 e. The zero-order valence-corrected chi connectivity index (χ0v) is 10.3. The predicted molar refractivity (Wildman–Crippen MR) is 68.9 cm³/mol. The van der Waals surface area contributed by atoms with E-state index in [1.165, 1.54) is 11.1 Å². The van der Waals surface area contributed by atoms with Gasteiger partial charge in [-0.15, -0.1) is 0 Å². The van der Waals surface area contributed by atoms with Gasteiger partial charge in [-0.05, 0) is 36.2 Å². The summed E-state index contributed by atoms with van der Waals surface area (Å²) in [4.78, 5) is 0. The highest BCUT2D eigenvalue weighted by atomic mass is 35.5. The van der Waals surface area contributed by atoms with Crippen molar-refractivity contribution in [1.29, 1.82) is 0 Å². The first-order chi connectivity index (χ1) is 7.65. The number of anilines is 1. The molecule has 0 bridgehead atoms. The number of nitrogens with zero attached hydrogens (tertiary/aromatic N) is 1. The van der Waals surface area contributed by atoms with Crippen molar-refractivity contribution >= 4 is 17.3 Å². The standard InChI is InChI=1S/C13H15ClN2/c1-10-3-4-13(12(14)7-10)15-8-11-5-6-16(2)9-11/h3-7,9,15H,8H2,1-2H3. The Hall–Kier alpha value is -1.41. The molecule has 16 heavy (non-hydrogen) atoms. The van der Waals surface area contributed by atoms with Gasteiger partial charge in [0.15, 0.2) is 0 Å². The molecule has 0 aliphatic carbocycles. The summed E-state index contributed by atoms with van der Waals surface area (Å²) >= 11 is 6.13. The Labute approximate surface area is 101 Å². The number of rotatable bonds is 3. The van der Waals surface area contributed by atoms with Crippen LogP contribution in [-0.4, -0.2) is 4.57 Å². The fourth-order valence-electron chi connectivity index (χ4n) is 1.63. The molecule has 3 heteroatoms. The van der Waals surface area contributed by atoms with Gasteiger partial charge in [-0.1, -0.05) is 17.7 Å². The second-order valence-electron chi connectivity index (χ2n) is 4.02. The van der Waals surface area contributed by atoms with Crippen molar-refractivity contribution in [2.75, 3.05) is 5.32 Å². The van der Waals surface area contributed by atoms with E-state index < -0.39 is 0 Å². The van der Waals surface area contributed by atoms with Crippen molar-refractivity contribution < 1.29 is 0 Å². The molecule has 2 nitrogen and oxygen atoms in total. The molecule has 1 N–H and O–H groups in total. The van der Waals surface area contributed by atoms with E-state index in [1.807, 2.05) is 36.9 Å². The Bertz CT molecular complexity index is 488. The monoisotopic (exact) mass is 234 g/mol. The molecule has 1 aromatic heterocycles. The maximum Gasteiger partial charge on any atom is 0.0640 e. The lowest BCUT2D eigenvalue weighted by Crippen LogP contribution is -1.99. The molecule has 84 valence electrons. The van der Waals surface area contributed by atoms with Gasteiger partial charge in [0.05, 0.1) is 10.7 Å². The molecule has 0 aliphatic rings. The van der Waals surface area contributed by atoms with Gasteiger partial charge in [-0.3, -0.25) is 0 Å². The molecule has 2 aromatic rings. The summed E-state index contributed by atoms with van der Waals surface area (Å²) < 4.78 is 2.04. The second kappa shape index (κ2) is 4.62.